The van der Waals surface area contributed by atoms with Gasteiger partial charge in [-0.3, -0.25) is 4.79 Å². The third-order valence-corrected chi connectivity index (χ3v) is 3.73. The maximum Gasteiger partial charge on any atom is 0.137 e. The van der Waals surface area contributed by atoms with E-state index in [2.05, 4.69) is 39.6 Å². The van der Waals surface area contributed by atoms with E-state index < -0.39 is 0 Å². The van der Waals surface area contributed by atoms with Crippen LogP contribution in [0, 0.1) is 17.3 Å². The predicted molar refractivity (Wildman–Crippen MR) is 73.1 cm³/mol. The van der Waals surface area contributed by atoms with Gasteiger partial charge >= 0.3 is 0 Å². The molecule has 0 aromatic heterocycles. The topological polar surface area (TPSA) is 20.3 Å². The molecule has 0 heterocycles. The maximum absolute atomic E-state index is 11.9. The first-order chi connectivity index (χ1) is 7.81. The number of hydrogen-bond donors (Lipinski definition) is 0. The molecule has 2 heteroatoms. The van der Waals surface area contributed by atoms with Crippen molar-refractivity contribution in [3.63, 3.8) is 0 Å². The van der Waals surface area contributed by atoms with Crippen LogP contribution in [0.1, 0.15) is 53.4 Å². The molecule has 0 radical (unpaired) electrons. The molecular weight excluding hydrogens is 210 g/mol. The van der Waals surface area contributed by atoms with Gasteiger partial charge < -0.3 is 4.90 Å². The molecule has 1 aliphatic rings. The minimum atomic E-state index is 0.293. The van der Waals surface area contributed by atoms with Gasteiger partial charge in [-0.2, -0.15) is 0 Å². The number of hydrogen-bond acceptors (Lipinski definition) is 2. The van der Waals surface area contributed by atoms with Crippen LogP contribution in [0.5, 0.6) is 0 Å². The number of carbonyl (C=O) groups is 1. The Kier molecular flexibility index (Phi) is 5.18. The number of nitrogens with zero attached hydrogens (tertiary/aromatic N) is 1. The Morgan fingerprint density at radius 2 is 2.00 bits per heavy atom. The lowest BCUT2D eigenvalue weighted by molar-refractivity contribution is -0.126. The number of ketones is 1. The van der Waals surface area contributed by atoms with E-state index in [9.17, 15) is 4.79 Å². The van der Waals surface area contributed by atoms with Crippen LogP contribution in [0.4, 0.5) is 0 Å². The van der Waals surface area contributed by atoms with Crippen molar-refractivity contribution in [2.24, 2.45) is 17.3 Å². The molecule has 0 bridgehead atoms. The fourth-order valence-corrected chi connectivity index (χ4v) is 3.00. The van der Waals surface area contributed by atoms with Gasteiger partial charge in [0.2, 0.25) is 0 Å². The van der Waals surface area contributed by atoms with Crippen LogP contribution in [0.2, 0.25) is 0 Å². The summed E-state index contributed by atoms with van der Waals surface area (Å²) in [5.74, 6) is 1.57. The fourth-order valence-electron chi connectivity index (χ4n) is 3.00. The van der Waals surface area contributed by atoms with Crippen molar-refractivity contribution in [3.8, 4) is 0 Å². The summed E-state index contributed by atoms with van der Waals surface area (Å²) in [5, 5.41) is 0. The summed E-state index contributed by atoms with van der Waals surface area (Å²) in [6.45, 7) is 11.0. The van der Waals surface area contributed by atoms with Crippen molar-refractivity contribution in [3.05, 3.63) is 0 Å². The highest BCUT2D eigenvalue weighted by atomic mass is 16.1. The van der Waals surface area contributed by atoms with Crippen molar-refractivity contribution in [2.45, 2.75) is 53.4 Å². The lowest BCUT2D eigenvalue weighted by Gasteiger charge is -2.33. The molecule has 1 aliphatic carbocycles. The quantitative estimate of drug-likeness (QED) is 0.750. The first kappa shape index (κ1) is 14.7. The van der Waals surface area contributed by atoms with Gasteiger partial charge in [-0.15, -0.1) is 0 Å². The number of Topliss-reactive ketones (excluding diaryl/α,β-unsaturated/α-hetero) is 1. The van der Waals surface area contributed by atoms with E-state index in [1.54, 1.807) is 0 Å². The molecule has 0 N–H and O–H groups in total. The van der Waals surface area contributed by atoms with Crippen LogP contribution in [0.3, 0.4) is 0 Å². The molecule has 100 valence electrons. The molecule has 2 nitrogen and oxygen atoms in total. The normalized spacial score (nSPS) is 26.6. The summed E-state index contributed by atoms with van der Waals surface area (Å²) in [6, 6.07) is 0. The molecule has 1 rings (SSSR count). The Morgan fingerprint density at radius 3 is 2.53 bits per heavy atom. The molecule has 0 saturated heterocycles. The molecule has 2 unspecified atom stereocenters. The third kappa shape index (κ3) is 5.20. The Labute approximate surface area is 107 Å². The van der Waals surface area contributed by atoms with Gasteiger partial charge in [-0.1, -0.05) is 34.1 Å². The van der Waals surface area contributed by atoms with Gasteiger partial charge in [0, 0.05) is 25.4 Å². The van der Waals surface area contributed by atoms with Gasteiger partial charge in [0.25, 0.3) is 0 Å². The lowest BCUT2D eigenvalue weighted by Crippen LogP contribution is -2.38. The largest absolute Gasteiger partial charge is 0.305 e. The standard InChI is InChI=1S/C15H29NO/c1-6-12-7-8-14(17)13(9-12)10-16(5)11-15(2,3)4/h12-13H,6-11H2,1-5H3. The zero-order valence-corrected chi connectivity index (χ0v) is 12.3. The smallest absolute Gasteiger partial charge is 0.137 e. The van der Waals surface area contributed by atoms with Crippen LogP contribution in [-0.2, 0) is 4.79 Å². The predicted octanol–water partition coefficient (Wildman–Crippen LogP) is 3.36. The average Bonchev–Trinajstić information content (AvgIpc) is 2.18. The number of carbonyl (C=O) groups excluding carboxylic acids is 1. The molecule has 1 saturated carbocycles. The molecule has 2 atom stereocenters. The minimum Gasteiger partial charge on any atom is -0.305 e. The van der Waals surface area contributed by atoms with E-state index in [0.29, 0.717) is 17.1 Å². The van der Waals surface area contributed by atoms with Gasteiger partial charge in [0.15, 0.2) is 0 Å². The van der Waals surface area contributed by atoms with Crippen LogP contribution in [-0.4, -0.2) is 30.8 Å². The van der Waals surface area contributed by atoms with Crippen LogP contribution in [0.25, 0.3) is 0 Å². The van der Waals surface area contributed by atoms with Crippen molar-refractivity contribution in [2.75, 3.05) is 20.1 Å². The van der Waals surface area contributed by atoms with E-state index >= 15 is 0 Å². The van der Waals surface area contributed by atoms with E-state index in [-0.39, 0.29) is 0 Å². The van der Waals surface area contributed by atoms with Crippen LogP contribution < -0.4 is 0 Å². The first-order valence-corrected chi connectivity index (χ1v) is 7.03. The zero-order valence-electron chi connectivity index (χ0n) is 12.3. The Morgan fingerprint density at radius 1 is 1.35 bits per heavy atom. The Balaban J connectivity index is 2.45. The monoisotopic (exact) mass is 239 g/mol. The van der Waals surface area contributed by atoms with Crippen molar-refractivity contribution < 1.29 is 4.79 Å². The second kappa shape index (κ2) is 5.99. The van der Waals surface area contributed by atoms with E-state index in [1.807, 2.05) is 0 Å². The Bertz CT molecular complexity index is 254. The Hall–Kier alpha value is -0.370. The number of rotatable bonds is 4. The third-order valence-electron chi connectivity index (χ3n) is 3.73. The van der Waals surface area contributed by atoms with Gasteiger partial charge in [0.1, 0.15) is 5.78 Å². The maximum atomic E-state index is 11.9. The van der Waals surface area contributed by atoms with Gasteiger partial charge in [0.05, 0.1) is 0 Å². The minimum absolute atomic E-state index is 0.293. The van der Waals surface area contributed by atoms with Crippen molar-refractivity contribution in [1.82, 2.24) is 4.90 Å². The van der Waals surface area contributed by atoms with E-state index in [4.69, 9.17) is 0 Å². The second-order valence-electron chi connectivity index (χ2n) is 6.97. The van der Waals surface area contributed by atoms with Gasteiger partial charge in [-0.05, 0) is 31.2 Å². The molecule has 1 fully saturated rings. The molecule has 0 spiro atoms. The van der Waals surface area contributed by atoms with Gasteiger partial charge in [-0.25, -0.2) is 0 Å². The fraction of sp³-hybridized carbons (Fsp3) is 0.933. The zero-order chi connectivity index (χ0) is 13.1. The summed E-state index contributed by atoms with van der Waals surface area (Å²) in [4.78, 5) is 14.3. The average molecular weight is 239 g/mol. The molecule has 0 aromatic carbocycles. The van der Waals surface area contributed by atoms with Crippen molar-refractivity contribution in [1.29, 1.82) is 0 Å². The summed E-state index contributed by atoms with van der Waals surface area (Å²) >= 11 is 0. The summed E-state index contributed by atoms with van der Waals surface area (Å²) < 4.78 is 0. The van der Waals surface area contributed by atoms with Crippen LogP contribution in [0.15, 0.2) is 0 Å². The highest BCUT2D eigenvalue weighted by Gasteiger charge is 2.29. The summed E-state index contributed by atoms with van der Waals surface area (Å²) in [5.41, 5.74) is 0.316. The molecule has 0 aliphatic heterocycles. The molecular formula is C15H29NO. The molecule has 17 heavy (non-hydrogen) atoms. The lowest BCUT2D eigenvalue weighted by atomic mass is 9.79. The summed E-state index contributed by atoms with van der Waals surface area (Å²) in [6.07, 6.45) is 4.28. The van der Waals surface area contributed by atoms with Crippen LogP contribution >= 0.6 is 0 Å². The first-order valence-electron chi connectivity index (χ1n) is 7.03. The SMILES string of the molecule is CCC1CCC(=O)C(CN(C)CC(C)(C)C)C1. The highest BCUT2D eigenvalue weighted by Crippen LogP contribution is 2.29. The second-order valence-corrected chi connectivity index (χ2v) is 6.97. The molecule has 0 amide bonds. The highest BCUT2D eigenvalue weighted by molar-refractivity contribution is 5.81. The summed E-state index contributed by atoms with van der Waals surface area (Å²) in [7, 11) is 2.15. The van der Waals surface area contributed by atoms with Crippen molar-refractivity contribution >= 4 is 5.78 Å². The van der Waals surface area contributed by atoms with E-state index in [0.717, 1.165) is 38.3 Å². The molecule has 0 aromatic rings. The van der Waals surface area contributed by atoms with E-state index in [1.165, 1.54) is 6.42 Å².